The van der Waals surface area contributed by atoms with Crippen molar-refractivity contribution in [3.8, 4) is 5.75 Å². The molecule has 0 radical (unpaired) electrons. The number of nitrogens with one attached hydrogen (secondary N) is 1. The molecule has 2 heterocycles. The van der Waals surface area contributed by atoms with Crippen LogP contribution in [0.2, 0.25) is 0 Å². The molecule has 2 aliphatic heterocycles. The summed E-state index contributed by atoms with van der Waals surface area (Å²) in [4.78, 5) is 32.3. The highest BCUT2D eigenvalue weighted by Gasteiger charge is 2.53. The second-order valence-electron chi connectivity index (χ2n) is 10.1. The summed E-state index contributed by atoms with van der Waals surface area (Å²) in [7, 11) is 1.55. The van der Waals surface area contributed by atoms with Gasteiger partial charge in [-0.25, -0.2) is 4.99 Å². The zero-order chi connectivity index (χ0) is 26.3. The summed E-state index contributed by atoms with van der Waals surface area (Å²) >= 11 is 0. The highest BCUT2D eigenvalue weighted by atomic mass is 19.4. The third-order valence-electron chi connectivity index (χ3n) is 7.51. The SMILES string of the molecule is CC[C@@]1(C)CC(=O)N([C@H](CCOC)[C@H]2C[C@@H]2C(=O)N[C@H]2C[C@@H](C(F)(F)F)Oc3ccccc32)C(N)=N1. The van der Waals surface area contributed by atoms with Gasteiger partial charge in [-0.05, 0) is 38.2 Å². The first-order valence-corrected chi connectivity index (χ1v) is 12.3. The Kier molecular flexibility index (Phi) is 7.23. The number of aliphatic imine (C=N–C) groups is 1. The van der Waals surface area contributed by atoms with Crippen molar-refractivity contribution in [3.63, 3.8) is 0 Å². The van der Waals surface area contributed by atoms with E-state index in [1.165, 1.54) is 11.0 Å². The monoisotopic (exact) mass is 510 g/mol. The second-order valence-corrected chi connectivity index (χ2v) is 10.1. The van der Waals surface area contributed by atoms with E-state index < -0.39 is 36.2 Å². The van der Waals surface area contributed by atoms with Crippen LogP contribution < -0.4 is 15.8 Å². The lowest BCUT2D eigenvalue weighted by Gasteiger charge is -2.39. The minimum absolute atomic E-state index is 0.114. The molecule has 2 amide bonds. The number of guanidine groups is 1. The summed E-state index contributed by atoms with van der Waals surface area (Å²) in [5.74, 6) is -0.893. The number of halogens is 3. The fourth-order valence-electron chi connectivity index (χ4n) is 5.22. The van der Waals surface area contributed by atoms with Gasteiger partial charge < -0.3 is 20.5 Å². The lowest BCUT2D eigenvalue weighted by atomic mass is 9.92. The van der Waals surface area contributed by atoms with Crippen LogP contribution >= 0.6 is 0 Å². The van der Waals surface area contributed by atoms with E-state index in [0.717, 1.165) is 0 Å². The average Bonchev–Trinajstić information content (AvgIpc) is 3.61. The third-order valence-corrected chi connectivity index (χ3v) is 7.51. The number of nitrogens with two attached hydrogens (primary N) is 1. The number of carbonyl (C=O) groups excluding carboxylic acids is 2. The maximum atomic E-state index is 13.5. The molecule has 11 heteroatoms. The number of fused-ring (bicyclic) bond motifs is 1. The predicted molar refractivity (Wildman–Crippen MR) is 126 cm³/mol. The van der Waals surface area contributed by atoms with Crippen molar-refractivity contribution in [2.24, 2.45) is 22.6 Å². The molecule has 1 aromatic rings. The van der Waals surface area contributed by atoms with Crippen LogP contribution in [0.4, 0.5) is 13.2 Å². The molecule has 36 heavy (non-hydrogen) atoms. The van der Waals surface area contributed by atoms with Crippen LogP contribution in [-0.4, -0.2) is 60.3 Å². The molecule has 3 aliphatic rings. The van der Waals surface area contributed by atoms with Gasteiger partial charge in [-0.2, -0.15) is 13.2 Å². The Bertz CT molecular complexity index is 1030. The lowest BCUT2D eigenvalue weighted by Crippen LogP contribution is -2.56. The fraction of sp³-hybridized carbons (Fsp3) is 0.640. The van der Waals surface area contributed by atoms with Crippen LogP contribution in [0, 0.1) is 11.8 Å². The van der Waals surface area contributed by atoms with Gasteiger partial charge >= 0.3 is 6.18 Å². The van der Waals surface area contributed by atoms with E-state index in [9.17, 15) is 22.8 Å². The van der Waals surface area contributed by atoms with Gasteiger partial charge in [0.1, 0.15) is 5.75 Å². The van der Waals surface area contributed by atoms with Crippen LogP contribution in [0.5, 0.6) is 5.75 Å². The van der Waals surface area contributed by atoms with Crippen LogP contribution in [0.1, 0.15) is 57.6 Å². The third kappa shape index (κ3) is 5.30. The maximum absolute atomic E-state index is 13.5. The molecule has 6 atom stereocenters. The smallest absolute Gasteiger partial charge is 0.425 e. The second kappa shape index (κ2) is 9.91. The summed E-state index contributed by atoms with van der Waals surface area (Å²) in [5, 5.41) is 2.81. The zero-order valence-electron chi connectivity index (χ0n) is 20.7. The molecule has 8 nitrogen and oxygen atoms in total. The Morgan fingerprint density at radius 1 is 1.36 bits per heavy atom. The Labute approximate surface area is 208 Å². The summed E-state index contributed by atoms with van der Waals surface area (Å²) in [6.07, 6.45) is -5.12. The van der Waals surface area contributed by atoms with Gasteiger partial charge in [-0.1, -0.05) is 25.1 Å². The van der Waals surface area contributed by atoms with E-state index in [1.54, 1.807) is 25.3 Å². The molecule has 0 spiro atoms. The molecule has 1 fully saturated rings. The standard InChI is InChI=1S/C25H33F3N4O4/c1-4-24(2)13-21(33)32(23(29)31-24)18(9-10-35-3)15-11-16(15)22(34)30-17-12-20(25(26,27)28)36-19-8-6-5-7-14(17)19/h5-8,15-18,20H,4,9-13H2,1-3H3,(H2,29,31)(H,30,34)/t15-,16-,17-,18+,20-,24-/m0/s1. The van der Waals surface area contributed by atoms with Crippen LogP contribution in [0.15, 0.2) is 29.3 Å². The number of hydrogen-bond donors (Lipinski definition) is 2. The number of methoxy groups -OCH3 is 1. The molecule has 1 aromatic carbocycles. The number of rotatable bonds is 8. The van der Waals surface area contributed by atoms with Gasteiger partial charge in [0.15, 0.2) is 12.1 Å². The van der Waals surface area contributed by atoms with Gasteiger partial charge in [0.25, 0.3) is 0 Å². The Balaban J connectivity index is 1.50. The molecule has 3 N–H and O–H groups in total. The number of benzene rings is 1. The van der Waals surface area contributed by atoms with Gasteiger partial charge in [0, 0.05) is 37.7 Å². The lowest BCUT2D eigenvalue weighted by molar-refractivity contribution is -0.201. The Morgan fingerprint density at radius 2 is 2.08 bits per heavy atom. The van der Waals surface area contributed by atoms with Gasteiger partial charge in [0.05, 0.1) is 18.0 Å². The summed E-state index contributed by atoms with van der Waals surface area (Å²) in [5.41, 5.74) is 6.19. The summed E-state index contributed by atoms with van der Waals surface area (Å²) in [6.45, 7) is 4.19. The Morgan fingerprint density at radius 3 is 2.72 bits per heavy atom. The summed E-state index contributed by atoms with van der Waals surface area (Å²) in [6, 6.07) is 5.21. The number of amides is 2. The molecule has 4 rings (SSSR count). The molecule has 198 valence electrons. The van der Waals surface area contributed by atoms with Gasteiger partial charge in [-0.3, -0.25) is 14.5 Å². The number of hydrogen-bond acceptors (Lipinski definition) is 6. The first kappa shape index (κ1) is 26.2. The van der Waals surface area contributed by atoms with Crippen molar-refractivity contribution < 1.29 is 32.2 Å². The topological polar surface area (TPSA) is 106 Å². The van der Waals surface area contributed by atoms with Crippen molar-refractivity contribution in [3.05, 3.63) is 29.8 Å². The minimum Gasteiger partial charge on any atom is -0.480 e. The molecule has 0 aromatic heterocycles. The zero-order valence-corrected chi connectivity index (χ0v) is 20.7. The van der Waals surface area contributed by atoms with E-state index in [2.05, 4.69) is 10.3 Å². The number of nitrogens with zero attached hydrogens (tertiary/aromatic N) is 2. The molecule has 1 aliphatic carbocycles. The van der Waals surface area contributed by atoms with Crippen LogP contribution in [0.25, 0.3) is 0 Å². The normalized spacial score (nSPS) is 30.7. The molecule has 0 bridgehead atoms. The van der Waals surface area contributed by atoms with Crippen molar-refractivity contribution in [1.29, 1.82) is 0 Å². The van der Waals surface area contributed by atoms with Crippen LogP contribution in [-0.2, 0) is 14.3 Å². The predicted octanol–water partition coefficient (Wildman–Crippen LogP) is 3.31. The molecular formula is C25H33F3N4O4. The number of ether oxygens (including phenoxy) is 2. The van der Waals surface area contributed by atoms with E-state index in [1.807, 2.05) is 13.8 Å². The molecular weight excluding hydrogens is 477 g/mol. The molecule has 0 saturated heterocycles. The van der Waals surface area contributed by atoms with E-state index in [0.29, 0.717) is 31.4 Å². The number of para-hydroxylation sites is 1. The van der Waals surface area contributed by atoms with Crippen molar-refractivity contribution in [1.82, 2.24) is 10.2 Å². The van der Waals surface area contributed by atoms with E-state index in [-0.39, 0.29) is 41.9 Å². The number of carbonyl (C=O) groups is 2. The first-order chi connectivity index (χ1) is 17.0. The van der Waals surface area contributed by atoms with Crippen LogP contribution in [0.3, 0.4) is 0 Å². The minimum atomic E-state index is -4.55. The highest BCUT2D eigenvalue weighted by Crippen LogP contribution is 2.47. The van der Waals surface area contributed by atoms with Gasteiger partial charge in [0.2, 0.25) is 11.8 Å². The highest BCUT2D eigenvalue weighted by molar-refractivity contribution is 5.99. The average molecular weight is 511 g/mol. The number of alkyl halides is 3. The quantitative estimate of drug-likeness (QED) is 0.558. The van der Waals surface area contributed by atoms with Gasteiger partial charge in [-0.15, -0.1) is 0 Å². The Hall–Kier alpha value is -2.82. The largest absolute Gasteiger partial charge is 0.480 e. The molecule has 0 unspecified atom stereocenters. The molecule has 1 saturated carbocycles. The van der Waals surface area contributed by atoms with Crippen molar-refractivity contribution in [2.45, 2.75) is 75.9 Å². The fourth-order valence-corrected chi connectivity index (χ4v) is 5.22. The van der Waals surface area contributed by atoms with Crippen molar-refractivity contribution >= 4 is 17.8 Å². The summed E-state index contributed by atoms with van der Waals surface area (Å²) < 4.78 is 50.7. The van der Waals surface area contributed by atoms with Crippen molar-refractivity contribution in [2.75, 3.05) is 13.7 Å². The van der Waals surface area contributed by atoms with E-state index in [4.69, 9.17) is 15.2 Å². The van der Waals surface area contributed by atoms with E-state index >= 15 is 0 Å². The first-order valence-electron chi connectivity index (χ1n) is 12.3. The maximum Gasteiger partial charge on any atom is 0.425 e.